The Morgan fingerprint density at radius 1 is 1.31 bits per heavy atom. The molecule has 2 fully saturated rings. The maximum absolute atomic E-state index is 13.0. The monoisotopic (exact) mass is 353 g/mol. The number of pyridine rings is 1. The molecule has 4 rings (SSSR count). The first-order chi connectivity index (χ1) is 12.5. The first-order valence-electron chi connectivity index (χ1n) is 9.48. The van der Waals surface area contributed by atoms with Crippen LogP contribution >= 0.6 is 0 Å². The zero-order chi connectivity index (χ0) is 18.1. The molecule has 2 aromatic rings. The largest absolute Gasteiger partial charge is 0.373 e. The lowest BCUT2D eigenvalue weighted by Gasteiger charge is -2.39. The van der Waals surface area contributed by atoms with Gasteiger partial charge in [0.2, 0.25) is 0 Å². The minimum absolute atomic E-state index is 0.0227. The smallest absolute Gasteiger partial charge is 0.272 e. The second-order valence-corrected chi connectivity index (χ2v) is 8.05. The molecule has 2 aliphatic rings. The van der Waals surface area contributed by atoms with Crippen molar-refractivity contribution in [2.24, 2.45) is 5.92 Å². The number of para-hydroxylation sites is 1. The van der Waals surface area contributed by atoms with E-state index in [-0.39, 0.29) is 11.5 Å². The van der Waals surface area contributed by atoms with Crippen molar-refractivity contribution < 1.29 is 9.53 Å². The van der Waals surface area contributed by atoms with Crippen LogP contribution in [0.15, 0.2) is 36.4 Å². The fraction of sp³-hybridized carbons (Fsp3) is 0.524. The van der Waals surface area contributed by atoms with Gasteiger partial charge in [-0.05, 0) is 51.4 Å². The van der Waals surface area contributed by atoms with E-state index in [1.165, 1.54) is 0 Å². The number of hydrogen-bond donors (Lipinski definition) is 0. The highest BCUT2D eigenvalue weighted by Crippen LogP contribution is 2.38. The maximum Gasteiger partial charge on any atom is 0.272 e. The molecule has 0 unspecified atom stereocenters. The Morgan fingerprint density at radius 3 is 3.00 bits per heavy atom. The molecule has 138 valence electrons. The Bertz CT molecular complexity index is 807. The fourth-order valence-electron chi connectivity index (χ4n) is 4.48. The van der Waals surface area contributed by atoms with Crippen molar-refractivity contribution in [3.05, 3.63) is 42.1 Å². The van der Waals surface area contributed by atoms with E-state index in [2.05, 4.69) is 24.0 Å². The molecule has 0 aliphatic carbocycles. The molecule has 1 aromatic carbocycles. The fourth-order valence-corrected chi connectivity index (χ4v) is 4.48. The molecule has 0 radical (unpaired) electrons. The predicted molar refractivity (Wildman–Crippen MR) is 102 cm³/mol. The Kier molecular flexibility index (Phi) is 4.67. The molecule has 1 aromatic heterocycles. The van der Waals surface area contributed by atoms with Gasteiger partial charge in [0.25, 0.3) is 5.91 Å². The molecular formula is C21H27N3O2. The Hall–Kier alpha value is -1.98. The highest BCUT2D eigenvalue weighted by molar-refractivity contribution is 5.95. The Balaban J connectivity index is 1.49. The first-order valence-corrected chi connectivity index (χ1v) is 9.48. The van der Waals surface area contributed by atoms with E-state index in [1.807, 2.05) is 41.3 Å². The second-order valence-electron chi connectivity index (χ2n) is 8.05. The molecule has 1 amide bonds. The summed E-state index contributed by atoms with van der Waals surface area (Å²) in [6.07, 6.45) is 3.08. The zero-order valence-electron chi connectivity index (χ0n) is 15.6. The highest BCUT2D eigenvalue weighted by Gasteiger charge is 2.44. The van der Waals surface area contributed by atoms with Crippen LogP contribution in [0.25, 0.3) is 10.9 Å². The van der Waals surface area contributed by atoms with E-state index in [0.717, 1.165) is 49.9 Å². The average Bonchev–Trinajstić information content (AvgIpc) is 3.01. The lowest BCUT2D eigenvalue weighted by Crippen LogP contribution is -2.50. The number of fused-ring (bicyclic) bond motifs is 1. The van der Waals surface area contributed by atoms with E-state index < -0.39 is 0 Å². The molecule has 0 bridgehead atoms. The number of rotatable bonds is 3. The van der Waals surface area contributed by atoms with Crippen molar-refractivity contribution in [3.63, 3.8) is 0 Å². The van der Waals surface area contributed by atoms with Crippen LogP contribution in [-0.2, 0) is 4.74 Å². The quantitative estimate of drug-likeness (QED) is 0.851. The standard InChI is InChI=1S/C21H27N3O2/c1-23(2)13-16-12-21(26-14-16)10-5-11-24(15-21)20(25)19-9-8-17-6-3-4-7-18(17)22-19/h3-4,6-9,16H,5,10-15H2,1-2H3/t16-,21-/m0/s1. The summed E-state index contributed by atoms with van der Waals surface area (Å²) in [5.41, 5.74) is 1.24. The van der Waals surface area contributed by atoms with Gasteiger partial charge in [-0.2, -0.15) is 0 Å². The summed E-state index contributed by atoms with van der Waals surface area (Å²) < 4.78 is 6.24. The second kappa shape index (κ2) is 6.97. The third-order valence-electron chi connectivity index (χ3n) is 5.55. The maximum atomic E-state index is 13.0. The van der Waals surface area contributed by atoms with Gasteiger partial charge in [0.1, 0.15) is 5.69 Å². The molecule has 1 spiro atoms. The summed E-state index contributed by atoms with van der Waals surface area (Å²) in [7, 11) is 4.21. The van der Waals surface area contributed by atoms with Crippen molar-refractivity contribution in [2.75, 3.05) is 40.3 Å². The van der Waals surface area contributed by atoms with Crippen LogP contribution in [0.3, 0.4) is 0 Å². The third kappa shape index (κ3) is 3.46. The van der Waals surface area contributed by atoms with E-state index in [0.29, 0.717) is 18.2 Å². The molecular weight excluding hydrogens is 326 g/mol. The van der Waals surface area contributed by atoms with Crippen LogP contribution < -0.4 is 0 Å². The normalized spacial score (nSPS) is 26.1. The molecule has 5 nitrogen and oxygen atoms in total. The Morgan fingerprint density at radius 2 is 2.15 bits per heavy atom. The van der Waals surface area contributed by atoms with Crippen molar-refractivity contribution in [3.8, 4) is 0 Å². The summed E-state index contributed by atoms with van der Waals surface area (Å²) in [6, 6.07) is 11.7. The van der Waals surface area contributed by atoms with Gasteiger partial charge < -0.3 is 14.5 Å². The molecule has 2 aliphatic heterocycles. The number of carbonyl (C=O) groups is 1. The van der Waals surface area contributed by atoms with Gasteiger partial charge >= 0.3 is 0 Å². The minimum atomic E-state index is -0.161. The average molecular weight is 353 g/mol. The number of nitrogens with zero attached hydrogens (tertiary/aromatic N) is 3. The lowest BCUT2D eigenvalue weighted by molar-refractivity contribution is -0.0451. The van der Waals surface area contributed by atoms with Gasteiger partial charge in [0.05, 0.1) is 24.3 Å². The van der Waals surface area contributed by atoms with Gasteiger partial charge in [-0.25, -0.2) is 4.98 Å². The third-order valence-corrected chi connectivity index (χ3v) is 5.55. The lowest BCUT2D eigenvalue weighted by atomic mass is 9.86. The van der Waals surface area contributed by atoms with Crippen LogP contribution in [0.2, 0.25) is 0 Å². The van der Waals surface area contributed by atoms with Crippen LogP contribution in [-0.4, -0.2) is 66.6 Å². The number of piperidine rings is 1. The molecule has 2 saturated heterocycles. The number of amides is 1. The van der Waals surface area contributed by atoms with E-state index in [4.69, 9.17) is 4.74 Å². The van der Waals surface area contributed by atoms with Crippen LogP contribution in [0.4, 0.5) is 0 Å². The summed E-state index contributed by atoms with van der Waals surface area (Å²) in [4.78, 5) is 21.8. The molecule has 3 heterocycles. The summed E-state index contributed by atoms with van der Waals surface area (Å²) in [5, 5.41) is 1.06. The number of hydrogen-bond acceptors (Lipinski definition) is 4. The topological polar surface area (TPSA) is 45.7 Å². The number of ether oxygens (including phenoxy) is 1. The number of aromatic nitrogens is 1. The Labute approximate surface area is 154 Å². The van der Waals surface area contributed by atoms with Crippen molar-refractivity contribution in [1.29, 1.82) is 0 Å². The minimum Gasteiger partial charge on any atom is -0.373 e. The number of benzene rings is 1. The predicted octanol–water partition coefficient (Wildman–Crippen LogP) is 2.81. The highest BCUT2D eigenvalue weighted by atomic mass is 16.5. The number of likely N-dealkylation sites (tertiary alicyclic amines) is 1. The summed E-state index contributed by atoms with van der Waals surface area (Å²) >= 11 is 0. The molecule has 0 N–H and O–H groups in total. The van der Waals surface area contributed by atoms with Gasteiger partial charge in [0.15, 0.2) is 0 Å². The SMILES string of the molecule is CN(C)C[C@H]1CO[C@@]2(CCCN(C(=O)c3ccc4ccccc4n3)C2)C1. The summed E-state index contributed by atoms with van der Waals surface area (Å²) in [6.45, 7) is 3.32. The van der Waals surface area contributed by atoms with E-state index in [9.17, 15) is 4.79 Å². The van der Waals surface area contributed by atoms with Crippen molar-refractivity contribution in [2.45, 2.75) is 24.9 Å². The number of carbonyl (C=O) groups excluding carboxylic acids is 1. The van der Waals surface area contributed by atoms with Crippen LogP contribution in [0, 0.1) is 5.92 Å². The molecule has 2 atom stereocenters. The molecule has 26 heavy (non-hydrogen) atoms. The summed E-state index contributed by atoms with van der Waals surface area (Å²) in [5.74, 6) is 0.577. The van der Waals surface area contributed by atoms with Crippen molar-refractivity contribution in [1.82, 2.24) is 14.8 Å². The van der Waals surface area contributed by atoms with Crippen LogP contribution in [0.1, 0.15) is 29.8 Å². The molecule has 0 saturated carbocycles. The van der Waals surface area contributed by atoms with E-state index >= 15 is 0 Å². The van der Waals surface area contributed by atoms with Gasteiger partial charge in [-0.1, -0.05) is 24.3 Å². The van der Waals surface area contributed by atoms with Crippen molar-refractivity contribution >= 4 is 16.8 Å². The molecule has 5 heteroatoms. The van der Waals surface area contributed by atoms with Crippen LogP contribution in [0.5, 0.6) is 0 Å². The van der Waals surface area contributed by atoms with E-state index in [1.54, 1.807) is 0 Å². The van der Waals surface area contributed by atoms with Gasteiger partial charge in [-0.3, -0.25) is 4.79 Å². The van der Waals surface area contributed by atoms with Gasteiger partial charge in [-0.15, -0.1) is 0 Å². The first kappa shape index (κ1) is 17.4. The van der Waals surface area contributed by atoms with Gasteiger partial charge in [0, 0.05) is 18.5 Å². The zero-order valence-corrected chi connectivity index (χ0v) is 15.6.